The zero-order valence-corrected chi connectivity index (χ0v) is 8.45. The first-order valence-corrected chi connectivity index (χ1v) is 4.59. The molecular weight excluding hydrogens is 174 g/mol. The van der Waals surface area contributed by atoms with E-state index >= 15 is 0 Å². The van der Waals surface area contributed by atoms with E-state index in [-0.39, 0.29) is 12.4 Å². The van der Waals surface area contributed by atoms with E-state index in [0.29, 0.717) is 5.54 Å². The lowest BCUT2D eigenvalue weighted by Crippen LogP contribution is -2.41. The lowest BCUT2D eigenvalue weighted by atomic mass is 9.91. The summed E-state index contributed by atoms with van der Waals surface area (Å²) in [5, 5.41) is 3.60. The zero-order chi connectivity index (χ0) is 7.73. The fourth-order valence-corrected chi connectivity index (χ4v) is 2.18. The second-order valence-electron chi connectivity index (χ2n) is 4.02. The van der Waals surface area contributed by atoms with Gasteiger partial charge in [0.05, 0.1) is 0 Å². The molecule has 1 atom stereocenters. The molecule has 0 amide bonds. The molecule has 0 aromatic rings. The van der Waals surface area contributed by atoms with Crippen molar-refractivity contribution in [2.45, 2.75) is 31.2 Å². The van der Waals surface area contributed by atoms with Crippen LogP contribution in [-0.4, -0.2) is 25.8 Å². The molecule has 0 bridgehead atoms. The Morgan fingerprint density at radius 3 is 2.83 bits per heavy atom. The van der Waals surface area contributed by atoms with Crippen LogP contribution in [0.1, 0.15) is 25.7 Å². The molecule has 1 unspecified atom stereocenters. The van der Waals surface area contributed by atoms with Gasteiger partial charge >= 0.3 is 0 Å². The van der Waals surface area contributed by atoms with Crippen LogP contribution in [0.25, 0.3) is 0 Å². The summed E-state index contributed by atoms with van der Waals surface area (Å²) in [6, 6.07) is 0. The van der Waals surface area contributed by atoms with Gasteiger partial charge in [-0.1, -0.05) is 0 Å². The van der Waals surface area contributed by atoms with Gasteiger partial charge in [-0.15, -0.1) is 12.4 Å². The number of nitrogens with one attached hydrogen (secondary N) is 1. The summed E-state index contributed by atoms with van der Waals surface area (Å²) >= 11 is 0. The van der Waals surface area contributed by atoms with E-state index in [9.17, 15) is 0 Å². The minimum absolute atomic E-state index is 0. The van der Waals surface area contributed by atoms with Gasteiger partial charge in [-0.05, 0) is 38.1 Å². The molecule has 1 saturated carbocycles. The summed E-state index contributed by atoms with van der Waals surface area (Å²) in [6.07, 6.45) is 5.44. The Kier molecular flexibility index (Phi) is 3.38. The number of ether oxygens (including phenoxy) is 1. The third-order valence-electron chi connectivity index (χ3n) is 2.99. The summed E-state index contributed by atoms with van der Waals surface area (Å²) in [4.78, 5) is 0. The molecular formula is C9H18ClNO. The largest absolute Gasteiger partial charge is 0.384 e. The van der Waals surface area contributed by atoms with Crippen LogP contribution in [0.3, 0.4) is 0 Å². The predicted octanol–water partition coefficient (Wildman–Crippen LogP) is 1.59. The van der Waals surface area contributed by atoms with Crippen molar-refractivity contribution in [2.75, 3.05) is 20.3 Å². The third-order valence-corrected chi connectivity index (χ3v) is 2.99. The molecule has 0 aromatic heterocycles. The highest BCUT2D eigenvalue weighted by atomic mass is 35.5. The van der Waals surface area contributed by atoms with Gasteiger partial charge in [0, 0.05) is 19.3 Å². The second kappa shape index (κ2) is 3.95. The first-order valence-electron chi connectivity index (χ1n) is 4.59. The van der Waals surface area contributed by atoms with Gasteiger partial charge in [-0.25, -0.2) is 0 Å². The smallest absolute Gasteiger partial charge is 0.0491 e. The SMILES string of the molecule is COCC1CCNC2(CC2)C1.Cl. The highest BCUT2D eigenvalue weighted by Crippen LogP contribution is 2.43. The molecule has 1 saturated heterocycles. The summed E-state index contributed by atoms with van der Waals surface area (Å²) in [6.45, 7) is 2.16. The van der Waals surface area contributed by atoms with Gasteiger partial charge in [0.25, 0.3) is 0 Å². The molecule has 2 nitrogen and oxygen atoms in total. The van der Waals surface area contributed by atoms with Gasteiger partial charge in [0.15, 0.2) is 0 Å². The number of hydrogen-bond acceptors (Lipinski definition) is 2. The van der Waals surface area contributed by atoms with Crippen molar-refractivity contribution in [1.82, 2.24) is 5.32 Å². The second-order valence-corrected chi connectivity index (χ2v) is 4.02. The molecule has 0 aromatic carbocycles. The maximum Gasteiger partial charge on any atom is 0.0491 e. The Morgan fingerprint density at radius 1 is 1.50 bits per heavy atom. The predicted molar refractivity (Wildman–Crippen MR) is 51.8 cm³/mol. The quantitative estimate of drug-likeness (QED) is 0.716. The van der Waals surface area contributed by atoms with Crippen LogP contribution in [0.5, 0.6) is 0 Å². The standard InChI is InChI=1S/C9H17NO.ClH/c1-11-7-8-2-5-10-9(6-8)3-4-9;/h8,10H,2-7H2,1H3;1H. The van der Waals surface area contributed by atoms with E-state index in [2.05, 4.69) is 5.32 Å². The van der Waals surface area contributed by atoms with Crippen LogP contribution in [0.2, 0.25) is 0 Å². The molecule has 2 fully saturated rings. The van der Waals surface area contributed by atoms with E-state index in [1.807, 2.05) is 7.11 Å². The van der Waals surface area contributed by atoms with Crippen molar-refractivity contribution in [1.29, 1.82) is 0 Å². The van der Waals surface area contributed by atoms with Crippen LogP contribution in [0.15, 0.2) is 0 Å². The van der Waals surface area contributed by atoms with Crippen molar-refractivity contribution in [3.63, 3.8) is 0 Å². The van der Waals surface area contributed by atoms with Crippen molar-refractivity contribution in [2.24, 2.45) is 5.92 Å². The minimum Gasteiger partial charge on any atom is -0.384 e. The van der Waals surface area contributed by atoms with E-state index in [1.165, 1.54) is 32.2 Å². The summed E-state index contributed by atoms with van der Waals surface area (Å²) in [5.74, 6) is 0.823. The van der Waals surface area contributed by atoms with Crippen molar-refractivity contribution in [3.05, 3.63) is 0 Å². The lowest BCUT2D eigenvalue weighted by Gasteiger charge is -2.29. The molecule has 2 rings (SSSR count). The Morgan fingerprint density at radius 2 is 2.25 bits per heavy atom. The van der Waals surface area contributed by atoms with Crippen molar-refractivity contribution < 1.29 is 4.74 Å². The summed E-state index contributed by atoms with van der Waals surface area (Å²) in [5.41, 5.74) is 0.571. The number of rotatable bonds is 2. The lowest BCUT2D eigenvalue weighted by molar-refractivity contribution is 0.120. The van der Waals surface area contributed by atoms with E-state index in [0.717, 1.165) is 12.5 Å². The molecule has 1 spiro atoms. The normalized spacial score (nSPS) is 31.2. The maximum atomic E-state index is 5.17. The average molecular weight is 192 g/mol. The molecule has 0 radical (unpaired) electrons. The van der Waals surface area contributed by atoms with Crippen LogP contribution in [-0.2, 0) is 4.74 Å². The number of piperidine rings is 1. The molecule has 1 aliphatic carbocycles. The molecule has 72 valence electrons. The summed E-state index contributed by atoms with van der Waals surface area (Å²) in [7, 11) is 1.81. The fraction of sp³-hybridized carbons (Fsp3) is 1.00. The van der Waals surface area contributed by atoms with Gasteiger partial charge in [0.2, 0.25) is 0 Å². The summed E-state index contributed by atoms with van der Waals surface area (Å²) < 4.78 is 5.17. The highest BCUT2D eigenvalue weighted by Gasteiger charge is 2.45. The van der Waals surface area contributed by atoms with Crippen LogP contribution in [0, 0.1) is 5.92 Å². The van der Waals surface area contributed by atoms with E-state index in [4.69, 9.17) is 4.74 Å². The number of hydrogen-bond donors (Lipinski definition) is 1. The molecule has 1 N–H and O–H groups in total. The number of methoxy groups -OCH3 is 1. The topological polar surface area (TPSA) is 21.3 Å². The van der Waals surface area contributed by atoms with Gasteiger partial charge in [0.1, 0.15) is 0 Å². The Balaban J connectivity index is 0.000000720. The van der Waals surface area contributed by atoms with Gasteiger partial charge in [-0.2, -0.15) is 0 Å². The molecule has 3 heteroatoms. The third kappa shape index (κ3) is 2.12. The zero-order valence-electron chi connectivity index (χ0n) is 7.64. The van der Waals surface area contributed by atoms with Crippen LogP contribution in [0.4, 0.5) is 0 Å². The van der Waals surface area contributed by atoms with Gasteiger partial charge in [-0.3, -0.25) is 0 Å². The molecule has 2 aliphatic rings. The monoisotopic (exact) mass is 191 g/mol. The minimum atomic E-state index is 0. The van der Waals surface area contributed by atoms with Crippen LogP contribution >= 0.6 is 12.4 Å². The Labute approximate surface area is 80.5 Å². The van der Waals surface area contributed by atoms with E-state index < -0.39 is 0 Å². The first kappa shape index (κ1) is 10.3. The number of halogens is 1. The molecule has 1 aliphatic heterocycles. The Bertz CT molecular complexity index is 145. The maximum absolute atomic E-state index is 5.17. The fourth-order valence-electron chi connectivity index (χ4n) is 2.18. The molecule has 12 heavy (non-hydrogen) atoms. The average Bonchev–Trinajstić information content (AvgIpc) is 2.70. The van der Waals surface area contributed by atoms with Gasteiger partial charge < -0.3 is 10.1 Å². The van der Waals surface area contributed by atoms with Crippen molar-refractivity contribution in [3.8, 4) is 0 Å². The van der Waals surface area contributed by atoms with Crippen molar-refractivity contribution >= 4 is 12.4 Å². The van der Waals surface area contributed by atoms with E-state index in [1.54, 1.807) is 0 Å². The highest BCUT2D eigenvalue weighted by molar-refractivity contribution is 5.85. The molecule has 1 heterocycles. The Hall–Kier alpha value is 0.210. The van der Waals surface area contributed by atoms with Crippen LogP contribution < -0.4 is 5.32 Å². The first-order chi connectivity index (χ1) is 5.35.